The van der Waals surface area contributed by atoms with E-state index in [1.54, 1.807) is 16.0 Å². The van der Waals surface area contributed by atoms with Crippen LogP contribution in [0.15, 0.2) is 65.8 Å². The molecule has 0 aliphatic carbocycles. The van der Waals surface area contributed by atoms with Crippen LogP contribution < -0.4 is 0 Å². The molecule has 0 radical (unpaired) electrons. The molecule has 2 amide bonds. The summed E-state index contributed by atoms with van der Waals surface area (Å²) >= 11 is 0. The van der Waals surface area contributed by atoms with Crippen molar-refractivity contribution < 1.29 is 19.1 Å². The molecule has 1 unspecified atom stereocenters. The van der Waals surface area contributed by atoms with E-state index < -0.39 is 5.54 Å². The van der Waals surface area contributed by atoms with Crippen molar-refractivity contribution in [2.75, 3.05) is 40.0 Å². The Morgan fingerprint density at radius 1 is 1.11 bits per heavy atom. The quantitative estimate of drug-likeness (QED) is 0.584. The molecule has 2 fully saturated rings. The van der Waals surface area contributed by atoms with Crippen LogP contribution in [0.2, 0.25) is 0 Å². The maximum absolute atomic E-state index is 13.5. The second-order valence-corrected chi connectivity index (χ2v) is 9.41. The van der Waals surface area contributed by atoms with Crippen LogP contribution >= 0.6 is 0 Å². The molecule has 3 aliphatic heterocycles. The van der Waals surface area contributed by atoms with Gasteiger partial charge in [0.05, 0.1) is 19.2 Å². The number of amidine groups is 1. The van der Waals surface area contributed by atoms with Gasteiger partial charge in [0.2, 0.25) is 0 Å². The number of benzene rings is 2. The summed E-state index contributed by atoms with van der Waals surface area (Å²) in [5, 5.41) is 1.10. The highest BCUT2D eigenvalue weighted by Gasteiger charge is 2.52. The average molecular weight is 471 g/mol. The lowest BCUT2D eigenvalue weighted by Gasteiger charge is -2.40. The lowest BCUT2D eigenvalue weighted by Crippen LogP contribution is -2.55. The Bertz CT molecular complexity index is 1320. The largest absolute Gasteiger partial charge is 0.453 e. The van der Waals surface area contributed by atoms with Gasteiger partial charge in [0.25, 0.3) is 5.91 Å². The summed E-state index contributed by atoms with van der Waals surface area (Å²) in [5.74, 6) is 0.861. The highest BCUT2D eigenvalue weighted by molar-refractivity contribution is 6.15. The summed E-state index contributed by atoms with van der Waals surface area (Å²) < 4.78 is 10.4. The van der Waals surface area contributed by atoms with E-state index in [2.05, 4.69) is 35.3 Å². The van der Waals surface area contributed by atoms with Gasteiger partial charge in [-0.15, -0.1) is 0 Å². The number of nitrogens with zero attached hydrogens (tertiary/aromatic N) is 4. The molecule has 1 spiro atoms. The molecule has 8 heteroatoms. The van der Waals surface area contributed by atoms with Crippen molar-refractivity contribution >= 4 is 28.7 Å². The average Bonchev–Trinajstić information content (AvgIpc) is 3.46. The molecule has 1 atom stereocenters. The van der Waals surface area contributed by atoms with Gasteiger partial charge in [0, 0.05) is 55.7 Å². The maximum atomic E-state index is 13.5. The van der Waals surface area contributed by atoms with Crippen LogP contribution in [0.3, 0.4) is 0 Å². The molecule has 2 aromatic carbocycles. The third-order valence-electron chi connectivity index (χ3n) is 7.13. The number of carbonyl (C=O) groups is 2. The fourth-order valence-electron chi connectivity index (χ4n) is 5.14. The summed E-state index contributed by atoms with van der Waals surface area (Å²) in [4.78, 5) is 38.1. The summed E-state index contributed by atoms with van der Waals surface area (Å²) in [7, 11) is 1.38. The van der Waals surface area contributed by atoms with E-state index >= 15 is 0 Å². The van der Waals surface area contributed by atoms with Gasteiger partial charge >= 0.3 is 6.09 Å². The van der Waals surface area contributed by atoms with Gasteiger partial charge in [0.1, 0.15) is 5.84 Å². The predicted octanol–water partition coefficient (Wildman–Crippen LogP) is 3.35. The van der Waals surface area contributed by atoms with Crippen LogP contribution in [0.5, 0.6) is 0 Å². The van der Waals surface area contributed by atoms with Gasteiger partial charge in [-0.2, -0.15) is 0 Å². The van der Waals surface area contributed by atoms with Gasteiger partial charge in [-0.1, -0.05) is 42.5 Å². The molecule has 8 nitrogen and oxygen atoms in total. The van der Waals surface area contributed by atoms with E-state index in [0.717, 1.165) is 27.6 Å². The predicted molar refractivity (Wildman–Crippen MR) is 131 cm³/mol. The number of pyridine rings is 1. The van der Waals surface area contributed by atoms with Crippen molar-refractivity contribution in [2.24, 2.45) is 10.9 Å². The minimum atomic E-state index is -0.830. The Balaban J connectivity index is 1.26. The number of rotatable bonds is 4. The molecule has 2 saturated heterocycles. The number of hydrogen-bond donors (Lipinski definition) is 0. The summed E-state index contributed by atoms with van der Waals surface area (Å²) in [6, 6.07) is 18.4. The highest BCUT2D eigenvalue weighted by atomic mass is 16.5. The normalized spacial score (nSPS) is 22.1. The number of fused-ring (bicyclic) bond motifs is 1. The summed E-state index contributed by atoms with van der Waals surface area (Å²) in [5.41, 5.74) is 3.18. The minimum absolute atomic E-state index is 0.00815. The molecule has 1 aromatic heterocycles. The van der Waals surface area contributed by atoms with Gasteiger partial charge in [0.15, 0.2) is 5.54 Å². The van der Waals surface area contributed by atoms with E-state index in [-0.39, 0.29) is 17.9 Å². The molecule has 6 rings (SSSR count). The SMILES string of the molecule is COC(=O)N1CC(CN2C(=O)C3(CCOC3)N=C2c2ccc(-c3ccc4cccnc4c3)cc2)C1. The Morgan fingerprint density at radius 2 is 1.89 bits per heavy atom. The van der Waals surface area contributed by atoms with E-state index in [4.69, 9.17) is 14.5 Å². The minimum Gasteiger partial charge on any atom is -0.453 e. The van der Waals surface area contributed by atoms with Crippen LogP contribution in [-0.2, 0) is 14.3 Å². The van der Waals surface area contributed by atoms with Gasteiger partial charge < -0.3 is 14.4 Å². The number of hydrogen-bond acceptors (Lipinski definition) is 6. The maximum Gasteiger partial charge on any atom is 0.409 e. The monoisotopic (exact) mass is 470 g/mol. The highest BCUT2D eigenvalue weighted by Crippen LogP contribution is 2.35. The lowest BCUT2D eigenvalue weighted by atomic mass is 9.96. The molecular formula is C27H26N4O4. The first-order valence-corrected chi connectivity index (χ1v) is 11.8. The van der Waals surface area contributed by atoms with Crippen LogP contribution in [0.25, 0.3) is 22.0 Å². The molecule has 0 bridgehead atoms. The third-order valence-corrected chi connectivity index (χ3v) is 7.13. The molecular weight excluding hydrogens is 444 g/mol. The van der Waals surface area contributed by atoms with E-state index in [0.29, 0.717) is 45.1 Å². The zero-order valence-corrected chi connectivity index (χ0v) is 19.5. The van der Waals surface area contributed by atoms with Crippen LogP contribution in [-0.4, -0.2) is 78.1 Å². The van der Waals surface area contributed by atoms with E-state index in [1.807, 2.05) is 24.3 Å². The number of aliphatic imine (C=N–C) groups is 1. The first kappa shape index (κ1) is 21.7. The Kier molecular flexibility index (Phi) is 5.25. The van der Waals surface area contributed by atoms with Crippen molar-refractivity contribution in [1.82, 2.24) is 14.8 Å². The van der Waals surface area contributed by atoms with Crippen molar-refractivity contribution in [3.63, 3.8) is 0 Å². The fraction of sp³-hybridized carbons (Fsp3) is 0.333. The standard InChI is InChI=1S/C27H26N4O4/c1-34-26(33)30-14-18(15-30)16-31-24(29-27(25(31)32)10-12-35-17-27)21-7-4-19(5-8-21)22-9-6-20-3-2-11-28-23(20)13-22/h2-9,11,13,18H,10,12,14-17H2,1H3. The van der Waals surface area contributed by atoms with Crippen LogP contribution in [0.4, 0.5) is 4.79 Å². The summed E-state index contributed by atoms with van der Waals surface area (Å²) in [6.45, 7) is 2.51. The fourth-order valence-corrected chi connectivity index (χ4v) is 5.14. The Morgan fingerprint density at radius 3 is 2.63 bits per heavy atom. The lowest BCUT2D eigenvalue weighted by molar-refractivity contribution is -0.132. The van der Waals surface area contributed by atoms with Crippen LogP contribution in [0.1, 0.15) is 12.0 Å². The zero-order valence-electron chi connectivity index (χ0n) is 19.5. The molecule has 3 aliphatic rings. The second kappa shape index (κ2) is 8.46. The number of carbonyl (C=O) groups excluding carboxylic acids is 2. The van der Waals surface area contributed by atoms with Crippen molar-refractivity contribution in [3.05, 3.63) is 66.4 Å². The number of amides is 2. The topological polar surface area (TPSA) is 84.3 Å². The van der Waals surface area contributed by atoms with Gasteiger partial charge in [-0.25, -0.2) is 9.79 Å². The first-order valence-electron chi connectivity index (χ1n) is 11.8. The number of likely N-dealkylation sites (tertiary alicyclic amines) is 1. The van der Waals surface area contributed by atoms with Gasteiger partial charge in [-0.05, 0) is 23.3 Å². The molecule has 4 heterocycles. The van der Waals surface area contributed by atoms with E-state index in [9.17, 15) is 9.59 Å². The Hall–Kier alpha value is -3.78. The third kappa shape index (κ3) is 3.74. The molecule has 35 heavy (non-hydrogen) atoms. The molecule has 0 N–H and O–H groups in total. The van der Waals surface area contributed by atoms with Gasteiger partial charge in [-0.3, -0.25) is 14.7 Å². The van der Waals surface area contributed by atoms with Crippen molar-refractivity contribution in [3.8, 4) is 11.1 Å². The Labute approximate surface area is 203 Å². The van der Waals surface area contributed by atoms with Crippen molar-refractivity contribution in [2.45, 2.75) is 12.0 Å². The number of ether oxygens (including phenoxy) is 2. The number of aromatic nitrogens is 1. The zero-order chi connectivity index (χ0) is 24.0. The van der Waals surface area contributed by atoms with Crippen molar-refractivity contribution in [1.29, 1.82) is 0 Å². The molecule has 3 aromatic rings. The van der Waals surface area contributed by atoms with E-state index in [1.165, 1.54) is 7.11 Å². The molecule has 178 valence electrons. The second-order valence-electron chi connectivity index (χ2n) is 9.41. The number of methoxy groups -OCH3 is 1. The smallest absolute Gasteiger partial charge is 0.409 e. The molecule has 0 saturated carbocycles. The summed E-state index contributed by atoms with van der Waals surface area (Å²) in [6.07, 6.45) is 2.06. The van der Waals surface area contributed by atoms with Crippen LogP contribution in [0, 0.1) is 5.92 Å². The first-order chi connectivity index (χ1) is 17.1.